The second-order valence-electron chi connectivity index (χ2n) is 4.52. The van der Waals surface area contributed by atoms with Gasteiger partial charge in [-0.3, -0.25) is 5.48 Å². The van der Waals surface area contributed by atoms with E-state index in [-0.39, 0.29) is 5.82 Å². The van der Waals surface area contributed by atoms with E-state index < -0.39 is 5.72 Å². The van der Waals surface area contributed by atoms with E-state index in [1.165, 1.54) is 12.4 Å². The van der Waals surface area contributed by atoms with E-state index in [0.29, 0.717) is 5.56 Å². The van der Waals surface area contributed by atoms with Crippen LogP contribution in [0.2, 0.25) is 0 Å². The molecular formula is C15H13FN2O. The molecule has 0 aliphatic carbocycles. The van der Waals surface area contributed by atoms with Gasteiger partial charge in [0.1, 0.15) is 12.2 Å². The minimum atomic E-state index is -0.715. The molecule has 3 nitrogen and oxygen atoms in total. The first-order chi connectivity index (χ1) is 9.19. The number of hydroxylamine groups is 1. The van der Waals surface area contributed by atoms with Crippen molar-refractivity contribution in [3.05, 3.63) is 59.9 Å². The molecule has 1 heterocycles. The van der Waals surface area contributed by atoms with Crippen molar-refractivity contribution in [1.29, 1.82) is 0 Å². The summed E-state index contributed by atoms with van der Waals surface area (Å²) < 4.78 is 13.7. The molecule has 1 unspecified atom stereocenters. The van der Waals surface area contributed by atoms with Crippen LogP contribution in [0.4, 0.5) is 4.39 Å². The van der Waals surface area contributed by atoms with E-state index in [9.17, 15) is 4.39 Å². The normalized spacial score (nSPS) is 21.4. The van der Waals surface area contributed by atoms with Gasteiger partial charge in [0.05, 0.1) is 0 Å². The predicted octanol–water partition coefficient (Wildman–Crippen LogP) is 3.23. The molecule has 2 aromatic carbocycles. The molecule has 0 radical (unpaired) electrons. The molecule has 19 heavy (non-hydrogen) atoms. The predicted molar refractivity (Wildman–Crippen MR) is 71.9 cm³/mol. The van der Waals surface area contributed by atoms with Crippen molar-refractivity contribution in [1.82, 2.24) is 5.48 Å². The van der Waals surface area contributed by atoms with Crippen LogP contribution in [0.15, 0.2) is 53.5 Å². The summed E-state index contributed by atoms with van der Waals surface area (Å²) in [6.45, 7) is 1.86. The molecule has 96 valence electrons. The summed E-state index contributed by atoms with van der Waals surface area (Å²) in [5.41, 5.74) is 4.24. The highest BCUT2D eigenvalue weighted by Gasteiger charge is 2.29. The maximum absolute atomic E-state index is 13.7. The first-order valence-corrected chi connectivity index (χ1v) is 6.02. The van der Waals surface area contributed by atoms with Gasteiger partial charge in [-0.05, 0) is 18.6 Å². The summed E-state index contributed by atoms with van der Waals surface area (Å²) in [6.07, 6.45) is 1.52. The summed E-state index contributed by atoms with van der Waals surface area (Å²) in [5, 5.41) is 0. The van der Waals surface area contributed by atoms with Gasteiger partial charge in [0, 0.05) is 11.1 Å². The lowest BCUT2D eigenvalue weighted by Crippen LogP contribution is -2.22. The summed E-state index contributed by atoms with van der Waals surface area (Å²) in [4.78, 5) is 9.57. The molecule has 1 aliphatic heterocycles. The van der Waals surface area contributed by atoms with Gasteiger partial charge < -0.3 is 0 Å². The lowest BCUT2D eigenvalue weighted by Gasteiger charge is -2.19. The Balaban J connectivity index is 1.96. The lowest BCUT2D eigenvalue weighted by molar-refractivity contribution is -0.0446. The first kappa shape index (κ1) is 11.9. The van der Waals surface area contributed by atoms with Gasteiger partial charge in [0.2, 0.25) is 5.72 Å². The van der Waals surface area contributed by atoms with Gasteiger partial charge in [-0.25, -0.2) is 14.2 Å². The number of hydrogen-bond acceptors (Lipinski definition) is 3. The van der Waals surface area contributed by atoms with E-state index >= 15 is 0 Å². The topological polar surface area (TPSA) is 33.6 Å². The maximum Gasteiger partial charge on any atom is 0.209 e. The Hall–Kier alpha value is -2.20. The van der Waals surface area contributed by atoms with Crippen molar-refractivity contribution in [2.45, 2.75) is 12.6 Å². The Morgan fingerprint density at radius 1 is 1.11 bits per heavy atom. The van der Waals surface area contributed by atoms with E-state index in [0.717, 1.165) is 11.1 Å². The monoisotopic (exact) mass is 256 g/mol. The molecule has 0 saturated carbocycles. The molecule has 1 N–H and O–H groups in total. The van der Waals surface area contributed by atoms with Gasteiger partial charge in [0.25, 0.3) is 0 Å². The van der Waals surface area contributed by atoms with Crippen molar-refractivity contribution >= 4 is 6.34 Å². The fraction of sp³-hybridized carbons (Fsp3) is 0.133. The minimum absolute atomic E-state index is 0.224. The molecule has 0 bridgehead atoms. The quantitative estimate of drug-likeness (QED) is 0.895. The van der Waals surface area contributed by atoms with Gasteiger partial charge in [0.15, 0.2) is 0 Å². The van der Waals surface area contributed by atoms with E-state index in [2.05, 4.69) is 10.5 Å². The minimum Gasteiger partial charge on any atom is -0.253 e. The molecule has 0 aromatic heterocycles. The van der Waals surface area contributed by atoms with Crippen LogP contribution >= 0.6 is 0 Å². The maximum atomic E-state index is 13.7. The molecule has 0 saturated heterocycles. The lowest BCUT2D eigenvalue weighted by atomic mass is 9.99. The number of rotatable bonds is 2. The van der Waals surface area contributed by atoms with Crippen LogP contribution in [0.25, 0.3) is 11.1 Å². The average Bonchev–Trinajstić information content (AvgIpc) is 2.88. The third-order valence-electron chi connectivity index (χ3n) is 3.23. The van der Waals surface area contributed by atoms with Crippen LogP contribution in [0.5, 0.6) is 0 Å². The van der Waals surface area contributed by atoms with Gasteiger partial charge in [-0.1, -0.05) is 42.5 Å². The number of nitrogens with one attached hydrogen (secondary N) is 1. The molecule has 1 atom stereocenters. The zero-order chi connectivity index (χ0) is 13.3. The molecule has 4 heteroatoms. The van der Waals surface area contributed by atoms with Crippen LogP contribution in [-0.4, -0.2) is 6.34 Å². The Morgan fingerprint density at radius 3 is 2.47 bits per heavy atom. The second-order valence-corrected chi connectivity index (χ2v) is 4.52. The van der Waals surface area contributed by atoms with Crippen LogP contribution in [0, 0.1) is 5.82 Å². The van der Waals surface area contributed by atoms with Crippen molar-refractivity contribution in [3.63, 3.8) is 0 Å². The SMILES string of the molecule is CC1(c2ccc(-c3ccccc3F)cc2)N=CNO1. The highest BCUT2D eigenvalue weighted by Crippen LogP contribution is 2.30. The van der Waals surface area contributed by atoms with Crippen molar-refractivity contribution in [3.8, 4) is 11.1 Å². The molecule has 1 aliphatic rings. The standard InChI is InChI=1S/C15H13FN2O/c1-15(17-10-18-19-15)12-8-6-11(7-9-12)13-4-2-3-5-14(13)16/h2-10H,1H3,(H,17,18). The number of hydrogen-bond donors (Lipinski definition) is 1. The second kappa shape index (κ2) is 4.48. The highest BCUT2D eigenvalue weighted by molar-refractivity contribution is 5.64. The zero-order valence-corrected chi connectivity index (χ0v) is 10.4. The first-order valence-electron chi connectivity index (χ1n) is 6.02. The Kier molecular flexibility index (Phi) is 2.80. The van der Waals surface area contributed by atoms with Crippen molar-refractivity contribution < 1.29 is 9.23 Å². The van der Waals surface area contributed by atoms with Crippen molar-refractivity contribution in [2.24, 2.45) is 4.99 Å². The fourth-order valence-corrected chi connectivity index (χ4v) is 2.10. The number of benzene rings is 2. The largest absolute Gasteiger partial charge is 0.253 e. The van der Waals surface area contributed by atoms with Crippen LogP contribution in [0.1, 0.15) is 12.5 Å². The number of halogens is 1. The molecule has 0 fully saturated rings. The van der Waals surface area contributed by atoms with E-state index in [1.807, 2.05) is 37.3 Å². The van der Waals surface area contributed by atoms with Gasteiger partial charge in [-0.15, -0.1) is 0 Å². The summed E-state index contributed by atoms with van der Waals surface area (Å²) in [5.74, 6) is -0.224. The summed E-state index contributed by atoms with van der Waals surface area (Å²) in [6, 6.07) is 14.3. The Morgan fingerprint density at radius 2 is 1.84 bits per heavy atom. The smallest absolute Gasteiger partial charge is 0.209 e. The summed E-state index contributed by atoms with van der Waals surface area (Å²) in [7, 11) is 0. The van der Waals surface area contributed by atoms with Crippen LogP contribution in [0.3, 0.4) is 0 Å². The van der Waals surface area contributed by atoms with Gasteiger partial charge >= 0.3 is 0 Å². The third kappa shape index (κ3) is 2.11. The van der Waals surface area contributed by atoms with E-state index in [1.54, 1.807) is 12.1 Å². The molecule has 3 rings (SSSR count). The number of aliphatic imine (C=N–C) groups is 1. The molecule has 0 amide bonds. The Labute approximate surface area is 110 Å². The molecule has 2 aromatic rings. The van der Waals surface area contributed by atoms with Crippen LogP contribution < -0.4 is 5.48 Å². The molecule has 0 spiro atoms. The highest BCUT2D eigenvalue weighted by atomic mass is 19.1. The van der Waals surface area contributed by atoms with Crippen LogP contribution in [-0.2, 0) is 10.6 Å². The van der Waals surface area contributed by atoms with Crippen molar-refractivity contribution in [2.75, 3.05) is 0 Å². The molecular weight excluding hydrogens is 243 g/mol. The number of nitrogens with zero attached hydrogens (tertiary/aromatic N) is 1. The Bertz CT molecular complexity index is 624. The third-order valence-corrected chi connectivity index (χ3v) is 3.23. The summed E-state index contributed by atoms with van der Waals surface area (Å²) >= 11 is 0. The average molecular weight is 256 g/mol. The fourth-order valence-electron chi connectivity index (χ4n) is 2.10. The van der Waals surface area contributed by atoms with Gasteiger partial charge in [-0.2, -0.15) is 0 Å². The van der Waals surface area contributed by atoms with E-state index in [4.69, 9.17) is 4.84 Å². The zero-order valence-electron chi connectivity index (χ0n) is 10.4.